The molecular weight excluding hydrogens is 366 g/mol. The Morgan fingerprint density at radius 3 is 2.50 bits per heavy atom. The first-order valence-electron chi connectivity index (χ1n) is 8.19. The zero-order chi connectivity index (χ0) is 18.5. The molecule has 3 rings (SSSR count). The smallest absolute Gasteiger partial charge is 0.263 e. The van der Waals surface area contributed by atoms with Crippen molar-refractivity contribution in [3.8, 4) is 11.5 Å². The Hall–Kier alpha value is -2.31. The van der Waals surface area contributed by atoms with E-state index in [1.807, 2.05) is 43.3 Å². The lowest BCUT2D eigenvalue weighted by Crippen LogP contribution is -2.17. The molecule has 0 atom stereocenters. The lowest BCUT2D eigenvalue weighted by Gasteiger charge is -2.12. The number of carbonyl (C=O) groups is 1. The van der Waals surface area contributed by atoms with E-state index in [9.17, 15) is 4.79 Å². The number of thiocarbonyl (C=S) groups is 1. The van der Waals surface area contributed by atoms with Gasteiger partial charge in [0.25, 0.3) is 5.91 Å². The van der Waals surface area contributed by atoms with Crippen molar-refractivity contribution in [1.82, 2.24) is 5.32 Å². The predicted molar refractivity (Wildman–Crippen MR) is 110 cm³/mol. The molecule has 1 saturated heterocycles. The summed E-state index contributed by atoms with van der Waals surface area (Å²) >= 11 is 6.27. The van der Waals surface area contributed by atoms with E-state index in [0.29, 0.717) is 28.2 Å². The fraction of sp³-hybridized carbons (Fsp3) is 0.200. The number of ether oxygens (including phenoxy) is 2. The number of rotatable bonds is 6. The minimum Gasteiger partial charge on any atom is -0.490 e. The number of nitrogens with one attached hydrogen (secondary N) is 1. The number of carbonyl (C=O) groups excluding carboxylic acids is 1. The van der Waals surface area contributed by atoms with Crippen molar-refractivity contribution in [3.63, 3.8) is 0 Å². The van der Waals surface area contributed by atoms with Crippen molar-refractivity contribution >= 4 is 40.3 Å². The molecule has 1 aliphatic rings. The first-order chi connectivity index (χ1) is 12.5. The third kappa shape index (κ3) is 4.65. The lowest BCUT2D eigenvalue weighted by molar-refractivity contribution is -0.115. The van der Waals surface area contributed by atoms with Crippen LogP contribution in [0.2, 0.25) is 0 Å². The standard InChI is InChI=1S/C20H19NO3S2/c1-13-7-8-16(14(2)11-13)23-9-10-24-17-6-4-3-5-15(17)12-18-19(22)21-20(25)26-18/h3-8,11-12H,9-10H2,1-2H3,(H,21,22,25)/b18-12-. The van der Waals surface area contributed by atoms with Gasteiger partial charge in [-0.1, -0.05) is 59.9 Å². The fourth-order valence-corrected chi connectivity index (χ4v) is 3.59. The maximum atomic E-state index is 11.8. The Morgan fingerprint density at radius 1 is 1.08 bits per heavy atom. The summed E-state index contributed by atoms with van der Waals surface area (Å²) in [5.41, 5.74) is 3.15. The maximum Gasteiger partial charge on any atom is 0.263 e. The van der Waals surface area contributed by atoms with E-state index < -0.39 is 0 Å². The van der Waals surface area contributed by atoms with Gasteiger partial charge in [-0.15, -0.1) is 0 Å². The van der Waals surface area contributed by atoms with Crippen molar-refractivity contribution in [3.05, 3.63) is 64.1 Å². The molecule has 134 valence electrons. The summed E-state index contributed by atoms with van der Waals surface area (Å²) in [4.78, 5) is 12.4. The molecule has 0 unspecified atom stereocenters. The van der Waals surface area contributed by atoms with Gasteiger partial charge in [0.1, 0.15) is 29.0 Å². The van der Waals surface area contributed by atoms with Crippen LogP contribution < -0.4 is 14.8 Å². The van der Waals surface area contributed by atoms with Crippen LogP contribution in [0.4, 0.5) is 0 Å². The number of thioether (sulfide) groups is 1. The van der Waals surface area contributed by atoms with Gasteiger partial charge in [-0.25, -0.2) is 0 Å². The van der Waals surface area contributed by atoms with Gasteiger partial charge in [0.05, 0.1) is 4.91 Å². The summed E-state index contributed by atoms with van der Waals surface area (Å²) in [6, 6.07) is 13.7. The van der Waals surface area contributed by atoms with Gasteiger partial charge in [0, 0.05) is 5.56 Å². The zero-order valence-corrected chi connectivity index (χ0v) is 16.2. The molecule has 1 heterocycles. The third-order valence-electron chi connectivity index (χ3n) is 3.78. The van der Waals surface area contributed by atoms with Crippen LogP contribution in [0.5, 0.6) is 11.5 Å². The van der Waals surface area contributed by atoms with Crippen molar-refractivity contribution in [2.45, 2.75) is 13.8 Å². The van der Waals surface area contributed by atoms with Gasteiger partial charge in [-0.3, -0.25) is 4.79 Å². The molecule has 0 saturated carbocycles. The van der Waals surface area contributed by atoms with Crippen LogP contribution in [-0.4, -0.2) is 23.4 Å². The number of hydrogen-bond acceptors (Lipinski definition) is 5. The molecule has 6 heteroatoms. The predicted octanol–water partition coefficient (Wildman–Crippen LogP) is 4.25. The van der Waals surface area contributed by atoms with Crippen molar-refractivity contribution in [2.75, 3.05) is 13.2 Å². The summed E-state index contributed by atoms with van der Waals surface area (Å²) in [6.07, 6.45) is 1.79. The molecule has 2 aromatic rings. The lowest BCUT2D eigenvalue weighted by atomic mass is 10.1. The first kappa shape index (κ1) is 18.5. The Balaban J connectivity index is 1.61. The van der Waals surface area contributed by atoms with E-state index in [-0.39, 0.29) is 5.91 Å². The van der Waals surface area contributed by atoms with Crippen LogP contribution in [0.15, 0.2) is 47.4 Å². The zero-order valence-electron chi connectivity index (χ0n) is 14.6. The molecular formula is C20H19NO3S2. The topological polar surface area (TPSA) is 47.6 Å². The average Bonchev–Trinajstić information content (AvgIpc) is 2.92. The van der Waals surface area contributed by atoms with E-state index in [4.69, 9.17) is 21.7 Å². The van der Waals surface area contributed by atoms with Gasteiger partial charge in [-0.2, -0.15) is 0 Å². The summed E-state index contributed by atoms with van der Waals surface area (Å²) < 4.78 is 12.1. The van der Waals surface area contributed by atoms with Crippen LogP contribution in [0.25, 0.3) is 6.08 Å². The highest BCUT2D eigenvalue weighted by atomic mass is 32.2. The second kappa shape index (κ2) is 8.38. The molecule has 1 aliphatic heterocycles. The van der Waals surface area contributed by atoms with E-state index >= 15 is 0 Å². The fourth-order valence-electron chi connectivity index (χ4n) is 2.56. The molecule has 2 aromatic carbocycles. The largest absolute Gasteiger partial charge is 0.490 e. The van der Waals surface area contributed by atoms with Gasteiger partial charge in [0.15, 0.2) is 0 Å². The molecule has 0 bridgehead atoms. The molecule has 1 amide bonds. The minimum atomic E-state index is -0.173. The van der Waals surface area contributed by atoms with Crippen LogP contribution in [-0.2, 0) is 4.79 Å². The summed E-state index contributed by atoms with van der Waals surface area (Å²) in [5, 5.41) is 2.61. The van der Waals surface area contributed by atoms with Crippen LogP contribution >= 0.6 is 24.0 Å². The molecule has 0 radical (unpaired) electrons. The normalized spacial score (nSPS) is 15.2. The van der Waals surface area contributed by atoms with Crippen LogP contribution in [0.1, 0.15) is 16.7 Å². The number of hydrogen-bond donors (Lipinski definition) is 1. The molecule has 4 nitrogen and oxygen atoms in total. The Bertz CT molecular complexity index is 877. The maximum absolute atomic E-state index is 11.8. The van der Waals surface area contributed by atoms with E-state index in [2.05, 4.69) is 18.3 Å². The number of benzene rings is 2. The van der Waals surface area contributed by atoms with E-state index in [0.717, 1.165) is 16.9 Å². The van der Waals surface area contributed by atoms with Gasteiger partial charge in [0.2, 0.25) is 0 Å². The third-order valence-corrected chi connectivity index (χ3v) is 4.94. The highest BCUT2D eigenvalue weighted by Gasteiger charge is 2.22. The van der Waals surface area contributed by atoms with Gasteiger partial charge in [-0.05, 0) is 37.6 Å². The quantitative estimate of drug-likeness (QED) is 0.458. The van der Waals surface area contributed by atoms with Crippen molar-refractivity contribution in [2.24, 2.45) is 0 Å². The van der Waals surface area contributed by atoms with Crippen LogP contribution in [0, 0.1) is 13.8 Å². The Labute approximate surface area is 162 Å². The SMILES string of the molecule is Cc1ccc(OCCOc2ccccc2/C=C2\SC(=S)NC2=O)c(C)c1. The molecule has 0 aliphatic carbocycles. The highest BCUT2D eigenvalue weighted by Crippen LogP contribution is 2.29. The molecule has 1 fully saturated rings. The van der Waals surface area contributed by atoms with Crippen molar-refractivity contribution < 1.29 is 14.3 Å². The summed E-state index contributed by atoms with van der Waals surface area (Å²) in [7, 11) is 0. The number of amides is 1. The molecule has 0 aromatic heterocycles. The molecule has 26 heavy (non-hydrogen) atoms. The monoisotopic (exact) mass is 385 g/mol. The van der Waals surface area contributed by atoms with E-state index in [1.165, 1.54) is 17.3 Å². The first-order valence-corrected chi connectivity index (χ1v) is 9.42. The van der Waals surface area contributed by atoms with Gasteiger partial charge < -0.3 is 14.8 Å². The highest BCUT2D eigenvalue weighted by molar-refractivity contribution is 8.26. The molecule has 0 spiro atoms. The second-order valence-electron chi connectivity index (χ2n) is 5.86. The summed E-state index contributed by atoms with van der Waals surface area (Å²) in [6.45, 7) is 4.93. The van der Waals surface area contributed by atoms with Crippen LogP contribution in [0.3, 0.4) is 0 Å². The van der Waals surface area contributed by atoms with E-state index in [1.54, 1.807) is 6.08 Å². The Kier molecular flexibility index (Phi) is 5.96. The minimum absolute atomic E-state index is 0.173. The second-order valence-corrected chi connectivity index (χ2v) is 7.57. The Morgan fingerprint density at radius 2 is 1.81 bits per heavy atom. The summed E-state index contributed by atoms with van der Waals surface area (Å²) in [5.74, 6) is 1.39. The average molecular weight is 386 g/mol. The molecule has 1 N–H and O–H groups in total. The van der Waals surface area contributed by atoms with Gasteiger partial charge >= 0.3 is 0 Å². The van der Waals surface area contributed by atoms with Crippen molar-refractivity contribution in [1.29, 1.82) is 0 Å². The number of para-hydroxylation sites is 1. The number of aryl methyl sites for hydroxylation is 2.